The fourth-order valence-electron chi connectivity index (χ4n) is 3.15. The van der Waals surface area contributed by atoms with Gasteiger partial charge in [-0.2, -0.15) is 0 Å². The van der Waals surface area contributed by atoms with Gasteiger partial charge in [0.25, 0.3) is 17.4 Å². The molecule has 0 aliphatic carbocycles. The molecule has 154 valence electrons. The van der Waals surface area contributed by atoms with Gasteiger partial charge in [-0.25, -0.2) is 9.97 Å². The number of rotatable bonds is 4. The number of anilines is 1. The van der Waals surface area contributed by atoms with E-state index in [1.54, 1.807) is 36.7 Å². The van der Waals surface area contributed by atoms with Gasteiger partial charge in [-0.3, -0.25) is 19.4 Å². The first-order valence-electron chi connectivity index (χ1n) is 9.34. The lowest BCUT2D eigenvalue weighted by Crippen LogP contribution is -2.30. The number of fused-ring (bicyclic) bond motifs is 1. The topological polar surface area (TPSA) is 133 Å². The van der Waals surface area contributed by atoms with E-state index in [1.807, 2.05) is 19.1 Å². The number of hydrogen-bond donors (Lipinski definition) is 2. The van der Waals surface area contributed by atoms with Crippen molar-refractivity contribution in [2.24, 2.45) is 12.8 Å². The average Bonchev–Trinajstić information content (AvgIpc) is 2.76. The Morgan fingerprint density at radius 3 is 2.65 bits per heavy atom. The quantitative estimate of drug-likeness (QED) is 0.525. The fraction of sp³-hybridized carbons (Fsp3) is 0.0909. The van der Waals surface area contributed by atoms with Crippen LogP contribution in [-0.2, 0) is 7.05 Å². The van der Waals surface area contributed by atoms with Gasteiger partial charge in [-0.05, 0) is 42.1 Å². The van der Waals surface area contributed by atoms with Crippen molar-refractivity contribution in [1.29, 1.82) is 0 Å². The second kappa shape index (κ2) is 7.79. The van der Waals surface area contributed by atoms with E-state index in [2.05, 4.69) is 20.3 Å². The maximum atomic E-state index is 12.7. The third kappa shape index (κ3) is 3.88. The van der Waals surface area contributed by atoms with Crippen molar-refractivity contribution >= 4 is 28.4 Å². The number of carbonyl (C=O) groups excluding carboxylic acids is 2. The van der Waals surface area contributed by atoms with E-state index >= 15 is 0 Å². The van der Waals surface area contributed by atoms with E-state index in [0.717, 1.165) is 16.3 Å². The van der Waals surface area contributed by atoms with Crippen molar-refractivity contribution < 1.29 is 9.59 Å². The van der Waals surface area contributed by atoms with Gasteiger partial charge in [-0.1, -0.05) is 12.1 Å². The van der Waals surface area contributed by atoms with Gasteiger partial charge >= 0.3 is 0 Å². The molecule has 4 rings (SSSR count). The molecule has 0 atom stereocenters. The Balaban J connectivity index is 1.69. The molecule has 0 unspecified atom stereocenters. The Morgan fingerprint density at radius 1 is 1.06 bits per heavy atom. The van der Waals surface area contributed by atoms with Crippen molar-refractivity contribution in [3.8, 4) is 11.4 Å². The van der Waals surface area contributed by atoms with E-state index in [1.165, 1.54) is 17.8 Å². The molecule has 9 nitrogen and oxygen atoms in total. The smallest absolute Gasteiger partial charge is 0.281 e. The molecule has 0 fully saturated rings. The summed E-state index contributed by atoms with van der Waals surface area (Å²) in [4.78, 5) is 49.0. The number of carbonyl (C=O) groups is 2. The number of nitrogens with one attached hydrogen (secondary N) is 1. The van der Waals surface area contributed by atoms with Gasteiger partial charge in [-0.15, -0.1) is 0 Å². The van der Waals surface area contributed by atoms with Crippen LogP contribution in [0.25, 0.3) is 22.2 Å². The molecule has 0 aliphatic heterocycles. The van der Waals surface area contributed by atoms with Crippen molar-refractivity contribution in [1.82, 2.24) is 19.5 Å². The first-order chi connectivity index (χ1) is 14.8. The number of nitrogens with zero attached hydrogens (tertiary/aromatic N) is 4. The molecule has 0 saturated carbocycles. The number of benzene rings is 1. The van der Waals surface area contributed by atoms with Gasteiger partial charge < -0.3 is 15.6 Å². The number of aromatic nitrogens is 4. The van der Waals surface area contributed by atoms with Crippen LogP contribution in [0.2, 0.25) is 0 Å². The third-order valence-corrected chi connectivity index (χ3v) is 4.79. The summed E-state index contributed by atoms with van der Waals surface area (Å²) in [6, 6.07) is 10.6. The number of hydrogen-bond acceptors (Lipinski definition) is 6. The van der Waals surface area contributed by atoms with E-state index in [-0.39, 0.29) is 11.6 Å². The van der Waals surface area contributed by atoms with Crippen LogP contribution in [0.4, 0.5) is 5.82 Å². The monoisotopic (exact) mass is 414 g/mol. The van der Waals surface area contributed by atoms with Crippen molar-refractivity contribution in [3.63, 3.8) is 0 Å². The summed E-state index contributed by atoms with van der Waals surface area (Å²) < 4.78 is 1.22. The van der Waals surface area contributed by atoms with Crippen LogP contribution in [0.15, 0.2) is 59.8 Å². The highest BCUT2D eigenvalue weighted by Crippen LogP contribution is 2.22. The Bertz CT molecular complexity index is 1410. The maximum Gasteiger partial charge on any atom is 0.281 e. The molecule has 9 heteroatoms. The van der Waals surface area contributed by atoms with Gasteiger partial charge in [0.05, 0.1) is 5.69 Å². The second-order valence-corrected chi connectivity index (χ2v) is 7.01. The number of amides is 2. The van der Waals surface area contributed by atoms with Crippen LogP contribution in [0.5, 0.6) is 0 Å². The van der Waals surface area contributed by atoms with E-state index in [4.69, 9.17) is 5.73 Å². The minimum Gasteiger partial charge on any atom is -0.364 e. The number of primary amides is 1. The Morgan fingerprint density at radius 2 is 1.87 bits per heavy atom. The standard InChI is InChI=1S/C22H18N6O3/c1-12-3-6-17(26-18(12)16-11-28(2)22(31)19(25-16)20(23)29)27-21(30)14-4-5-15-10-24-8-7-13(15)9-14/h3-11H,1-2H3,(H2,23,29)(H,26,27,30). The predicted molar refractivity (Wildman–Crippen MR) is 116 cm³/mol. The molecule has 2 amide bonds. The molecule has 0 aliphatic rings. The van der Waals surface area contributed by atoms with E-state index in [0.29, 0.717) is 22.8 Å². The van der Waals surface area contributed by atoms with Crippen LogP contribution in [0.3, 0.4) is 0 Å². The summed E-state index contributed by atoms with van der Waals surface area (Å²) >= 11 is 0. The molecule has 31 heavy (non-hydrogen) atoms. The average molecular weight is 414 g/mol. The van der Waals surface area contributed by atoms with Crippen molar-refractivity contribution in [2.75, 3.05) is 5.32 Å². The number of aryl methyl sites for hydroxylation is 2. The number of pyridine rings is 2. The molecule has 4 aromatic rings. The lowest BCUT2D eigenvalue weighted by Gasteiger charge is -2.11. The normalized spacial score (nSPS) is 10.8. The van der Waals surface area contributed by atoms with Crippen LogP contribution in [0, 0.1) is 6.92 Å². The zero-order valence-electron chi connectivity index (χ0n) is 16.8. The highest BCUT2D eigenvalue weighted by atomic mass is 16.2. The number of nitrogens with two attached hydrogens (primary N) is 1. The summed E-state index contributed by atoms with van der Waals surface area (Å²) in [5, 5.41) is 4.60. The summed E-state index contributed by atoms with van der Waals surface area (Å²) in [5.74, 6) is -0.944. The minimum absolute atomic E-state index is 0.294. The highest BCUT2D eigenvalue weighted by Gasteiger charge is 2.16. The molecule has 3 N–H and O–H groups in total. The zero-order valence-corrected chi connectivity index (χ0v) is 16.8. The molecule has 0 saturated heterocycles. The highest BCUT2D eigenvalue weighted by molar-refractivity contribution is 6.06. The second-order valence-electron chi connectivity index (χ2n) is 7.01. The van der Waals surface area contributed by atoms with Gasteiger partial charge in [0, 0.05) is 36.6 Å². The molecule has 0 radical (unpaired) electrons. The lowest BCUT2D eigenvalue weighted by atomic mass is 10.1. The molecular weight excluding hydrogens is 396 g/mol. The van der Waals surface area contributed by atoms with Gasteiger partial charge in [0.2, 0.25) is 0 Å². The first-order valence-corrected chi connectivity index (χ1v) is 9.34. The van der Waals surface area contributed by atoms with Crippen LogP contribution < -0.4 is 16.6 Å². The van der Waals surface area contributed by atoms with Gasteiger partial charge in [0.1, 0.15) is 11.5 Å². The zero-order chi connectivity index (χ0) is 22.1. The third-order valence-electron chi connectivity index (χ3n) is 4.79. The van der Waals surface area contributed by atoms with Crippen molar-refractivity contribution in [3.05, 3.63) is 82.2 Å². The molecule has 1 aromatic carbocycles. The fourth-order valence-corrected chi connectivity index (χ4v) is 3.15. The summed E-state index contributed by atoms with van der Waals surface area (Å²) in [6.45, 7) is 1.81. The van der Waals surface area contributed by atoms with Crippen LogP contribution in [0.1, 0.15) is 26.4 Å². The molecule has 0 bridgehead atoms. The van der Waals surface area contributed by atoms with Gasteiger partial charge in [0.15, 0.2) is 5.69 Å². The van der Waals surface area contributed by atoms with E-state index in [9.17, 15) is 14.4 Å². The largest absolute Gasteiger partial charge is 0.364 e. The molecule has 3 aromatic heterocycles. The molecular formula is C22H18N6O3. The molecule has 3 heterocycles. The van der Waals surface area contributed by atoms with Crippen LogP contribution in [-0.4, -0.2) is 31.3 Å². The Hall–Kier alpha value is -4.40. The molecule has 0 spiro atoms. The first kappa shape index (κ1) is 19.9. The van der Waals surface area contributed by atoms with E-state index < -0.39 is 11.5 Å². The summed E-state index contributed by atoms with van der Waals surface area (Å²) in [6.07, 6.45) is 4.86. The van der Waals surface area contributed by atoms with Crippen molar-refractivity contribution in [2.45, 2.75) is 6.92 Å². The lowest BCUT2D eigenvalue weighted by molar-refractivity contribution is 0.0991. The summed E-state index contributed by atoms with van der Waals surface area (Å²) in [5.41, 5.74) is 6.24. The summed E-state index contributed by atoms with van der Waals surface area (Å²) in [7, 11) is 1.50. The van der Waals surface area contributed by atoms with Crippen LogP contribution >= 0.6 is 0 Å². The SMILES string of the molecule is Cc1ccc(NC(=O)c2ccc3cnccc3c2)nc1-c1cn(C)c(=O)c(C(N)=O)n1. The maximum absolute atomic E-state index is 12.7. The predicted octanol–water partition coefficient (Wildman–Crippen LogP) is 2.05. The Kier molecular flexibility index (Phi) is 5.00. The Labute approximate surface area is 176 Å². The minimum atomic E-state index is -0.920.